The van der Waals surface area contributed by atoms with Crippen LogP contribution in [0, 0.1) is 0 Å². The minimum Gasteiger partial charge on any atom is -0.450 e. The number of hydrogen-bond donors (Lipinski definition) is 2. The van der Waals surface area contributed by atoms with Crippen LogP contribution >= 0.6 is 0 Å². The molecule has 9 heteroatoms. The fourth-order valence-corrected chi connectivity index (χ4v) is 3.02. The summed E-state index contributed by atoms with van der Waals surface area (Å²) in [6.45, 7) is 1.98. The molecule has 0 unspecified atom stereocenters. The van der Waals surface area contributed by atoms with Gasteiger partial charge in [-0.25, -0.2) is 17.5 Å². The average Bonchev–Trinajstić information content (AvgIpc) is 2.63. The van der Waals surface area contributed by atoms with E-state index in [1.54, 1.807) is 31.2 Å². The van der Waals surface area contributed by atoms with E-state index in [-0.39, 0.29) is 17.4 Å². The van der Waals surface area contributed by atoms with Crippen LogP contribution in [0.3, 0.4) is 0 Å². The van der Waals surface area contributed by atoms with Crippen LogP contribution in [0.4, 0.5) is 16.2 Å². The number of sulfonamides is 1. The normalized spacial score (nSPS) is 11.1. The molecule has 0 aromatic heterocycles. The molecule has 0 spiro atoms. The van der Waals surface area contributed by atoms with Gasteiger partial charge in [0, 0.05) is 31.0 Å². The number of ether oxygens (including phenoxy) is 1. The molecule has 2 N–H and O–H groups in total. The molecule has 2 aromatic rings. The molecule has 2 aromatic carbocycles. The highest BCUT2D eigenvalue weighted by Gasteiger charge is 2.17. The van der Waals surface area contributed by atoms with Crippen LogP contribution in [-0.2, 0) is 14.8 Å². The van der Waals surface area contributed by atoms with Crippen molar-refractivity contribution in [2.75, 3.05) is 31.3 Å². The van der Waals surface area contributed by atoms with Gasteiger partial charge in [-0.3, -0.25) is 10.1 Å². The van der Waals surface area contributed by atoms with Crippen LogP contribution in [0.2, 0.25) is 0 Å². The Bertz CT molecular complexity index is 907. The smallest absolute Gasteiger partial charge is 0.411 e. The van der Waals surface area contributed by atoms with Crippen molar-refractivity contribution in [1.29, 1.82) is 0 Å². The maximum atomic E-state index is 12.3. The third-order valence-electron chi connectivity index (χ3n) is 3.56. The molecule has 0 saturated carbocycles. The number of anilines is 2. The van der Waals surface area contributed by atoms with E-state index in [9.17, 15) is 18.0 Å². The molecule has 8 nitrogen and oxygen atoms in total. The summed E-state index contributed by atoms with van der Waals surface area (Å²) in [4.78, 5) is 23.8. The molecule has 0 aliphatic heterocycles. The van der Waals surface area contributed by atoms with Crippen molar-refractivity contribution in [3.8, 4) is 0 Å². The Balaban J connectivity index is 2.04. The van der Waals surface area contributed by atoms with Crippen LogP contribution in [0.1, 0.15) is 17.3 Å². The predicted molar refractivity (Wildman–Crippen MR) is 102 cm³/mol. The number of rotatable bonds is 6. The minimum absolute atomic E-state index is 0.110. The summed E-state index contributed by atoms with van der Waals surface area (Å²) < 4.78 is 30.0. The number of nitrogens with one attached hydrogen (secondary N) is 2. The molecular weight excluding hydrogens is 370 g/mol. The molecule has 0 bridgehead atoms. The number of benzene rings is 2. The lowest BCUT2D eigenvalue weighted by molar-refractivity contribution is 0.102. The fraction of sp³-hybridized carbons (Fsp3) is 0.222. The van der Waals surface area contributed by atoms with Crippen molar-refractivity contribution >= 4 is 33.4 Å². The first-order valence-corrected chi connectivity index (χ1v) is 9.56. The van der Waals surface area contributed by atoms with Gasteiger partial charge in [0.2, 0.25) is 10.0 Å². The van der Waals surface area contributed by atoms with Gasteiger partial charge in [-0.05, 0) is 55.5 Å². The first-order chi connectivity index (χ1) is 12.7. The van der Waals surface area contributed by atoms with Crippen LogP contribution in [-0.4, -0.2) is 45.4 Å². The SMILES string of the molecule is CCOC(=O)Nc1ccc(NC(=O)c2ccc(S(=O)(=O)N(C)C)cc2)cc1. The summed E-state index contributed by atoms with van der Waals surface area (Å²) in [7, 11) is -0.659. The first-order valence-electron chi connectivity index (χ1n) is 8.12. The van der Waals surface area contributed by atoms with Gasteiger partial charge in [0.15, 0.2) is 0 Å². The molecule has 27 heavy (non-hydrogen) atoms. The van der Waals surface area contributed by atoms with E-state index in [0.29, 0.717) is 16.9 Å². The molecule has 0 atom stereocenters. The number of hydrogen-bond acceptors (Lipinski definition) is 5. The van der Waals surface area contributed by atoms with E-state index in [1.165, 1.54) is 38.4 Å². The highest BCUT2D eigenvalue weighted by Crippen LogP contribution is 2.17. The van der Waals surface area contributed by atoms with Gasteiger partial charge in [0.05, 0.1) is 11.5 Å². The standard InChI is InChI=1S/C18H21N3O5S/c1-4-26-18(23)20-15-9-7-14(8-10-15)19-17(22)13-5-11-16(12-6-13)27(24,25)21(2)3/h5-12H,4H2,1-3H3,(H,19,22)(H,20,23). The average molecular weight is 391 g/mol. The van der Waals surface area contributed by atoms with Gasteiger partial charge in [-0.15, -0.1) is 0 Å². The third kappa shape index (κ3) is 5.28. The summed E-state index contributed by atoms with van der Waals surface area (Å²) in [5.41, 5.74) is 1.38. The second kappa shape index (κ2) is 8.65. The maximum Gasteiger partial charge on any atom is 0.411 e. The Labute approximate surface area is 158 Å². The van der Waals surface area contributed by atoms with E-state index in [1.807, 2.05) is 0 Å². The Morgan fingerprint density at radius 2 is 1.44 bits per heavy atom. The number of carbonyl (C=O) groups is 2. The molecule has 0 aliphatic carbocycles. The minimum atomic E-state index is -3.54. The summed E-state index contributed by atoms with van der Waals surface area (Å²) in [5.74, 6) is -0.380. The second-order valence-electron chi connectivity index (χ2n) is 5.69. The lowest BCUT2D eigenvalue weighted by Crippen LogP contribution is -2.22. The van der Waals surface area contributed by atoms with Gasteiger partial charge < -0.3 is 10.1 Å². The van der Waals surface area contributed by atoms with E-state index in [2.05, 4.69) is 10.6 Å². The van der Waals surface area contributed by atoms with Gasteiger partial charge in [0.1, 0.15) is 0 Å². The highest BCUT2D eigenvalue weighted by atomic mass is 32.2. The second-order valence-corrected chi connectivity index (χ2v) is 7.84. The first kappa shape index (κ1) is 20.4. The maximum absolute atomic E-state index is 12.3. The largest absolute Gasteiger partial charge is 0.450 e. The summed E-state index contributed by atoms with van der Waals surface area (Å²) >= 11 is 0. The Hall–Kier alpha value is -2.91. The fourth-order valence-electron chi connectivity index (χ4n) is 2.11. The summed E-state index contributed by atoms with van der Waals surface area (Å²) in [6, 6.07) is 12.2. The van der Waals surface area contributed by atoms with E-state index in [0.717, 1.165) is 4.31 Å². The zero-order valence-corrected chi connectivity index (χ0v) is 16.0. The lowest BCUT2D eigenvalue weighted by atomic mass is 10.2. The molecule has 0 fully saturated rings. The Kier molecular flexibility index (Phi) is 6.54. The molecular formula is C18H21N3O5S. The quantitative estimate of drug-likeness (QED) is 0.788. The van der Waals surface area contributed by atoms with Crippen LogP contribution in [0.15, 0.2) is 53.4 Å². The van der Waals surface area contributed by atoms with Gasteiger partial charge in [-0.1, -0.05) is 0 Å². The zero-order chi connectivity index (χ0) is 20.0. The van der Waals surface area contributed by atoms with E-state index in [4.69, 9.17) is 4.74 Å². The van der Waals surface area contributed by atoms with Crippen molar-refractivity contribution in [2.45, 2.75) is 11.8 Å². The van der Waals surface area contributed by atoms with Crippen LogP contribution in [0.5, 0.6) is 0 Å². The molecule has 0 heterocycles. The van der Waals surface area contributed by atoms with Gasteiger partial charge in [0.25, 0.3) is 5.91 Å². The molecule has 2 rings (SSSR count). The number of amides is 2. The van der Waals surface area contributed by atoms with Crippen LogP contribution in [0.25, 0.3) is 0 Å². The molecule has 0 radical (unpaired) electrons. The summed E-state index contributed by atoms with van der Waals surface area (Å²) in [6.07, 6.45) is -0.554. The predicted octanol–water partition coefficient (Wildman–Crippen LogP) is 2.76. The van der Waals surface area contributed by atoms with E-state index >= 15 is 0 Å². The Morgan fingerprint density at radius 3 is 1.93 bits per heavy atom. The third-order valence-corrected chi connectivity index (χ3v) is 5.39. The van der Waals surface area contributed by atoms with Gasteiger partial charge >= 0.3 is 6.09 Å². The van der Waals surface area contributed by atoms with Crippen molar-refractivity contribution in [3.63, 3.8) is 0 Å². The highest BCUT2D eigenvalue weighted by molar-refractivity contribution is 7.89. The number of carbonyl (C=O) groups excluding carboxylic acids is 2. The Morgan fingerprint density at radius 1 is 0.926 bits per heavy atom. The monoisotopic (exact) mass is 391 g/mol. The molecule has 0 saturated heterocycles. The van der Waals surface area contributed by atoms with E-state index < -0.39 is 16.1 Å². The lowest BCUT2D eigenvalue weighted by Gasteiger charge is -2.12. The van der Waals surface area contributed by atoms with Crippen LogP contribution < -0.4 is 10.6 Å². The number of nitrogens with zero attached hydrogens (tertiary/aromatic N) is 1. The summed E-state index contributed by atoms with van der Waals surface area (Å²) in [5, 5.41) is 5.25. The molecule has 2 amide bonds. The van der Waals surface area contributed by atoms with Crippen molar-refractivity contribution < 1.29 is 22.7 Å². The van der Waals surface area contributed by atoms with Crippen molar-refractivity contribution in [1.82, 2.24) is 4.31 Å². The zero-order valence-electron chi connectivity index (χ0n) is 15.2. The van der Waals surface area contributed by atoms with Crippen molar-refractivity contribution in [2.24, 2.45) is 0 Å². The topological polar surface area (TPSA) is 105 Å². The molecule has 144 valence electrons. The van der Waals surface area contributed by atoms with Crippen molar-refractivity contribution in [3.05, 3.63) is 54.1 Å². The molecule has 0 aliphatic rings. The van der Waals surface area contributed by atoms with Gasteiger partial charge in [-0.2, -0.15) is 0 Å².